The number of aromatic nitrogens is 2. The lowest BCUT2D eigenvalue weighted by atomic mass is 10.1. The molecule has 0 bridgehead atoms. The number of aryl methyl sites for hydroxylation is 1. The number of rotatable bonds is 5. The van der Waals surface area contributed by atoms with Gasteiger partial charge in [-0.15, -0.1) is 0 Å². The van der Waals surface area contributed by atoms with Gasteiger partial charge in [-0.1, -0.05) is 13.8 Å². The van der Waals surface area contributed by atoms with Gasteiger partial charge in [-0.3, -0.25) is 0 Å². The van der Waals surface area contributed by atoms with Crippen LogP contribution in [0, 0.1) is 5.92 Å². The number of nitrogens with one attached hydrogen (secondary N) is 1. The molecule has 0 saturated heterocycles. The molecule has 1 atom stereocenters. The van der Waals surface area contributed by atoms with Crippen molar-refractivity contribution in [2.24, 2.45) is 5.92 Å². The van der Waals surface area contributed by atoms with E-state index in [1.165, 1.54) is 5.69 Å². The van der Waals surface area contributed by atoms with Gasteiger partial charge in [0, 0.05) is 25.3 Å². The first kappa shape index (κ1) is 11.2. The van der Waals surface area contributed by atoms with Crippen LogP contribution in [-0.2, 0) is 13.1 Å². The molecule has 0 aliphatic heterocycles. The molecule has 0 aromatic carbocycles. The van der Waals surface area contributed by atoms with Crippen molar-refractivity contribution in [1.82, 2.24) is 14.9 Å². The molecule has 3 heteroatoms. The Kier molecular flexibility index (Phi) is 4.14. The van der Waals surface area contributed by atoms with E-state index in [1.54, 1.807) is 0 Å². The summed E-state index contributed by atoms with van der Waals surface area (Å²) in [5.74, 6) is 0.674. The Bertz CT molecular complexity index is 265. The molecule has 14 heavy (non-hydrogen) atoms. The van der Waals surface area contributed by atoms with Crippen molar-refractivity contribution in [3.05, 3.63) is 18.2 Å². The topological polar surface area (TPSA) is 29.9 Å². The highest BCUT2D eigenvalue weighted by Crippen LogP contribution is 2.03. The van der Waals surface area contributed by atoms with Crippen LogP contribution < -0.4 is 5.32 Å². The molecule has 0 amide bonds. The maximum Gasteiger partial charge on any atom is 0.0948 e. The molecule has 3 nitrogen and oxygen atoms in total. The third kappa shape index (κ3) is 2.84. The van der Waals surface area contributed by atoms with E-state index in [-0.39, 0.29) is 0 Å². The van der Waals surface area contributed by atoms with Crippen molar-refractivity contribution in [2.75, 3.05) is 0 Å². The molecular formula is C11H21N3. The second-order valence-electron chi connectivity index (χ2n) is 4.08. The van der Waals surface area contributed by atoms with Gasteiger partial charge in [-0.2, -0.15) is 0 Å². The number of nitrogens with zero attached hydrogens (tertiary/aromatic N) is 2. The molecule has 1 N–H and O–H groups in total. The average molecular weight is 195 g/mol. The number of hydrogen-bond donors (Lipinski definition) is 1. The molecule has 0 aliphatic carbocycles. The molecule has 1 unspecified atom stereocenters. The second-order valence-corrected chi connectivity index (χ2v) is 4.08. The van der Waals surface area contributed by atoms with E-state index in [9.17, 15) is 0 Å². The second kappa shape index (κ2) is 5.15. The van der Waals surface area contributed by atoms with E-state index < -0.39 is 0 Å². The Hall–Kier alpha value is -0.830. The van der Waals surface area contributed by atoms with Gasteiger partial charge in [0.2, 0.25) is 0 Å². The van der Waals surface area contributed by atoms with Gasteiger partial charge in [0.25, 0.3) is 0 Å². The highest BCUT2D eigenvalue weighted by atomic mass is 15.1. The van der Waals surface area contributed by atoms with Crippen LogP contribution in [-0.4, -0.2) is 15.6 Å². The zero-order chi connectivity index (χ0) is 10.6. The molecule has 1 rings (SSSR count). The third-order valence-electron chi connectivity index (χ3n) is 2.74. The summed E-state index contributed by atoms with van der Waals surface area (Å²) in [5.41, 5.74) is 1.26. The fraction of sp³-hybridized carbons (Fsp3) is 0.727. The SMILES string of the molecule is CCn1cncc1CNC(C)C(C)C. The maximum absolute atomic E-state index is 4.14. The van der Waals surface area contributed by atoms with Crippen LogP contribution in [0.4, 0.5) is 0 Å². The fourth-order valence-corrected chi connectivity index (χ4v) is 1.28. The van der Waals surface area contributed by atoms with E-state index in [4.69, 9.17) is 0 Å². The van der Waals surface area contributed by atoms with Crippen LogP contribution in [0.25, 0.3) is 0 Å². The Morgan fingerprint density at radius 3 is 2.71 bits per heavy atom. The summed E-state index contributed by atoms with van der Waals surface area (Å²) in [6.07, 6.45) is 3.82. The Labute approximate surface area is 86.5 Å². The van der Waals surface area contributed by atoms with Crippen molar-refractivity contribution >= 4 is 0 Å². The van der Waals surface area contributed by atoms with E-state index in [2.05, 4.69) is 42.6 Å². The molecule has 1 aromatic heterocycles. The van der Waals surface area contributed by atoms with Crippen molar-refractivity contribution < 1.29 is 0 Å². The Morgan fingerprint density at radius 1 is 1.43 bits per heavy atom. The molecule has 80 valence electrons. The number of hydrogen-bond acceptors (Lipinski definition) is 2. The van der Waals surface area contributed by atoms with Gasteiger partial charge >= 0.3 is 0 Å². The Morgan fingerprint density at radius 2 is 2.14 bits per heavy atom. The van der Waals surface area contributed by atoms with Crippen LogP contribution in [0.3, 0.4) is 0 Å². The summed E-state index contributed by atoms with van der Waals surface area (Å²) in [7, 11) is 0. The summed E-state index contributed by atoms with van der Waals surface area (Å²) in [4.78, 5) is 4.14. The van der Waals surface area contributed by atoms with Crippen LogP contribution >= 0.6 is 0 Å². The predicted molar refractivity (Wildman–Crippen MR) is 59.0 cm³/mol. The summed E-state index contributed by atoms with van der Waals surface area (Å²) in [5, 5.41) is 3.50. The van der Waals surface area contributed by atoms with Gasteiger partial charge in [0.15, 0.2) is 0 Å². The van der Waals surface area contributed by atoms with Crippen LogP contribution in [0.1, 0.15) is 33.4 Å². The fourth-order valence-electron chi connectivity index (χ4n) is 1.28. The first-order valence-electron chi connectivity index (χ1n) is 5.37. The molecule has 1 aromatic rings. The maximum atomic E-state index is 4.14. The van der Waals surface area contributed by atoms with Crippen molar-refractivity contribution in [2.45, 2.75) is 46.8 Å². The summed E-state index contributed by atoms with van der Waals surface area (Å²) in [6.45, 7) is 10.7. The standard InChI is InChI=1S/C11H21N3/c1-5-14-8-12-6-11(14)7-13-10(4)9(2)3/h6,8-10,13H,5,7H2,1-4H3. The molecule has 1 heterocycles. The zero-order valence-electron chi connectivity index (χ0n) is 9.62. The largest absolute Gasteiger partial charge is 0.334 e. The highest BCUT2D eigenvalue weighted by Gasteiger charge is 2.07. The molecule has 0 saturated carbocycles. The monoisotopic (exact) mass is 195 g/mol. The van der Waals surface area contributed by atoms with E-state index in [0.29, 0.717) is 12.0 Å². The third-order valence-corrected chi connectivity index (χ3v) is 2.74. The molecule has 0 aliphatic rings. The average Bonchev–Trinajstić information content (AvgIpc) is 2.60. The Balaban J connectivity index is 2.45. The lowest BCUT2D eigenvalue weighted by molar-refractivity contribution is 0.420. The first-order valence-corrected chi connectivity index (χ1v) is 5.37. The van der Waals surface area contributed by atoms with E-state index in [1.807, 2.05) is 12.5 Å². The van der Waals surface area contributed by atoms with Crippen molar-refractivity contribution in [3.63, 3.8) is 0 Å². The number of imidazole rings is 1. The summed E-state index contributed by atoms with van der Waals surface area (Å²) < 4.78 is 2.17. The van der Waals surface area contributed by atoms with Gasteiger partial charge in [-0.25, -0.2) is 4.98 Å². The molecule has 0 radical (unpaired) electrons. The van der Waals surface area contributed by atoms with Crippen molar-refractivity contribution in [3.8, 4) is 0 Å². The smallest absolute Gasteiger partial charge is 0.0948 e. The van der Waals surface area contributed by atoms with Crippen molar-refractivity contribution in [1.29, 1.82) is 0 Å². The quantitative estimate of drug-likeness (QED) is 0.779. The summed E-state index contributed by atoms with van der Waals surface area (Å²) >= 11 is 0. The minimum Gasteiger partial charge on any atom is -0.334 e. The summed E-state index contributed by atoms with van der Waals surface area (Å²) in [6, 6.07) is 0.551. The van der Waals surface area contributed by atoms with Crippen LogP contribution in [0.5, 0.6) is 0 Å². The molecule has 0 spiro atoms. The molecular weight excluding hydrogens is 174 g/mol. The highest BCUT2D eigenvalue weighted by molar-refractivity contribution is 4.97. The minimum absolute atomic E-state index is 0.551. The van der Waals surface area contributed by atoms with E-state index in [0.717, 1.165) is 13.1 Å². The van der Waals surface area contributed by atoms with Crippen LogP contribution in [0.15, 0.2) is 12.5 Å². The lowest BCUT2D eigenvalue weighted by Crippen LogP contribution is -2.30. The van der Waals surface area contributed by atoms with Gasteiger partial charge < -0.3 is 9.88 Å². The molecule has 0 fully saturated rings. The lowest BCUT2D eigenvalue weighted by Gasteiger charge is -2.17. The normalized spacial score (nSPS) is 13.5. The zero-order valence-corrected chi connectivity index (χ0v) is 9.62. The van der Waals surface area contributed by atoms with Gasteiger partial charge in [-0.05, 0) is 19.8 Å². The predicted octanol–water partition coefficient (Wildman–Crippen LogP) is 2.04. The van der Waals surface area contributed by atoms with E-state index >= 15 is 0 Å². The van der Waals surface area contributed by atoms with Gasteiger partial charge in [0.1, 0.15) is 0 Å². The minimum atomic E-state index is 0.551. The van der Waals surface area contributed by atoms with Crippen LogP contribution in [0.2, 0.25) is 0 Å². The van der Waals surface area contributed by atoms with Gasteiger partial charge in [0.05, 0.1) is 12.0 Å². The first-order chi connectivity index (χ1) is 6.65.